The van der Waals surface area contributed by atoms with Crippen molar-refractivity contribution in [1.29, 1.82) is 0 Å². The molecule has 7 heteroatoms. The van der Waals surface area contributed by atoms with E-state index in [4.69, 9.17) is 10.5 Å². The first kappa shape index (κ1) is 15.5. The molecule has 1 aliphatic rings. The first-order chi connectivity index (χ1) is 9.63. The zero-order chi connectivity index (χ0) is 14.5. The van der Waals surface area contributed by atoms with Gasteiger partial charge < -0.3 is 15.4 Å². The van der Waals surface area contributed by atoms with Gasteiger partial charge in [-0.2, -0.15) is 5.10 Å². The number of halogens is 1. The molecule has 2 rings (SSSR count). The molecule has 0 unspecified atom stereocenters. The van der Waals surface area contributed by atoms with Crippen molar-refractivity contribution in [2.75, 3.05) is 31.1 Å². The van der Waals surface area contributed by atoms with Crippen LogP contribution in [0.25, 0.3) is 0 Å². The van der Waals surface area contributed by atoms with E-state index in [0.717, 1.165) is 44.6 Å². The summed E-state index contributed by atoms with van der Waals surface area (Å²) >= 11 is 3.37. The number of aromatic nitrogens is 2. The Balaban J connectivity index is 1.94. The van der Waals surface area contributed by atoms with Gasteiger partial charge in [-0.05, 0) is 41.7 Å². The molecule has 0 atom stereocenters. The smallest absolute Gasteiger partial charge is 0.282 e. The van der Waals surface area contributed by atoms with Crippen LogP contribution in [0.4, 0.5) is 5.69 Å². The van der Waals surface area contributed by atoms with Gasteiger partial charge in [0.2, 0.25) is 0 Å². The highest BCUT2D eigenvalue weighted by Crippen LogP contribution is 2.25. The van der Waals surface area contributed by atoms with Gasteiger partial charge in [0.25, 0.3) is 5.56 Å². The largest absolute Gasteiger partial charge is 0.378 e. The van der Waals surface area contributed by atoms with Crippen LogP contribution < -0.4 is 16.2 Å². The molecule has 0 saturated carbocycles. The fourth-order valence-electron chi connectivity index (χ4n) is 2.32. The fraction of sp³-hybridized carbons (Fsp3) is 0.692. The number of anilines is 1. The molecule has 1 aliphatic heterocycles. The average molecular weight is 345 g/mol. The third kappa shape index (κ3) is 3.59. The van der Waals surface area contributed by atoms with Crippen molar-refractivity contribution < 1.29 is 4.74 Å². The number of aryl methyl sites for hydroxylation is 1. The number of hydrogen-bond acceptors (Lipinski definition) is 5. The number of rotatable bonds is 5. The van der Waals surface area contributed by atoms with E-state index in [1.807, 2.05) is 0 Å². The standard InChI is InChI=1S/C13H21BrN4O2/c1-17-13(19)12(14)11(9-16-17)18-6-3-10(4-7-18)20-8-2-5-15/h9-10H,2-8,15H2,1H3. The van der Waals surface area contributed by atoms with Crippen LogP contribution in [0, 0.1) is 0 Å². The van der Waals surface area contributed by atoms with Gasteiger partial charge in [0, 0.05) is 26.7 Å². The molecular formula is C13H21BrN4O2. The second kappa shape index (κ2) is 7.19. The quantitative estimate of drug-likeness (QED) is 0.802. The maximum absolute atomic E-state index is 11.9. The molecule has 1 fully saturated rings. The Hall–Kier alpha value is -0.920. The van der Waals surface area contributed by atoms with Crippen LogP contribution in [0.5, 0.6) is 0 Å². The summed E-state index contributed by atoms with van der Waals surface area (Å²) in [4.78, 5) is 14.0. The Morgan fingerprint density at radius 3 is 2.85 bits per heavy atom. The minimum atomic E-state index is -0.108. The molecule has 112 valence electrons. The van der Waals surface area contributed by atoms with Gasteiger partial charge in [0.1, 0.15) is 4.47 Å². The summed E-state index contributed by atoms with van der Waals surface area (Å²) in [5.41, 5.74) is 6.21. The molecule has 0 radical (unpaired) electrons. The van der Waals surface area contributed by atoms with Crippen LogP contribution in [0.1, 0.15) is 19.3 Å². The third-order valence-electron chi connectivity index (χ3n) is 3.54. The lowest BCUT2D eigenvalue weighted by atomic mass is 10.1. The SMILES string of the molecule is Cn1ncc(N2CCC(OCCCN)CC2)c(Br)c1=O. The van der Waals surface area contributed by atoms with Gasteiger partial charge in [-0.25, -0.2) is 4.68 Å². The Bertz CT molecular complexity index is 498. The highest BCUT2D eigenvalue weighted by atomic mass is 79.9. The van der Waals surface area contributed by atoms with Crippen LogP contribution in [-0.4, -0.2) is 42.1 Å². The highest BCUT2D eigenvalue weighted by Gasteiger charge is 2.22. The second-order valence-electron chi connectivity index (χ2n) is 4.97. The van der Waals surface area contributed by atoms with Crippen molar-refractivity contribution in [3.05, 3.63) is 21.0 Å². The van der Waals surface area contributed by atoms with E-state index in [-0.39, 0.29) is 5.56 Å². The molecule has 0 aromatic carbocycles. The van der Waals surface area contributed by atoms with E-state index >= 15 is 0 Å². The minimum Gasteiger partial charge on any atom is -0.378 e. The molecular weight excluding hydrogens is 324 g/mol. The number of ether oxygens (including phenoxy) is 1. The monoisotopic (exact) mass is 344 g/mol. The Morgan fingerprint density at radius 1 is 1.50 bits per heavy atom. The molecule has 6 nitrogen and oxygen atoms in total. The Labute approximate surface area is 127 Å². The number of nitrogens with zero attached hydrogens (tertiary/aromatic N) is 3. The Kier molecular flexibility index (Phi) is 5.56. The predicted octanol–water partition coefficient (Wildman–Crippen LogP) is 0.877. The lowest BCUT2D eigenvalue weighted by molar-refractivity contribution is 0.0366. The van der Waals surface area contributed by atoms with Crippen LogP contribution >= 0.6 is 15.9 Å². The van der Waals surface area contributed by atoms with E-state index in [1.165, 1.54) is 4.68 Å². The van der Waals surface area contributed by atoms with Crippen molar-refractivity contribution in [3.63, 3.8) is 0 Å². The molecule has 2 N–H and O–H groups in total. The van der Waals surface area contributed by atoms with Crippen molar-refractivity contribution >= 4 is 21.6 Å². The Morgan fingerprint density at radius 2 is 2.20 bits per heavy atom. The van der Waals surface area contributed by atoms with Crippen LogP contribution in [0.15, 0.2) is 15.5 Å². The van der Waals surface area contributed by atoms with Crippen LogP contribution in [-0.2, 0) is 11.8 Å². The predicted molar refractivity (Wildman–Crippen MR) is 82.0 cm³/mol. The van der Waals surface area contributed by atoms with Crippen molar-refractivity contribution in [3.8, 4) is 0 Å². The highest BCUT2D eigenvalue weighted by molar-refractivity contribution is 9.10. The van der Waals surface area contributed by atoms with E-state index < -0.39 is 0 Å². The maximum atomic E-state index is 11.9. The van der Waals surface area contributed by atoms with Crippen molar-refractivity contribution in [1.82, 2.24) is 9.78 Å². The van der Waals surface area contributed by atoms with Gasteiger partial charge in [0.05, 0.1) is 18.0 Å². The molecule has 1 saturated heterocycles. The first-order valence-corrected chi connectivity index (χ1v) is 7.71. The average Bonchev–Trinajstić information content (AvgIpc) is 2.46. The third-order valence-corrected chi connectivity index (χ3v) is 4.29. The summed E-state index contributed by atoms with van der Waals surface area (Å²) < 4.78 is 7.69. The summed E-state index contributed by atoms with van der Waals surface area (Å²) in [5.74, 6) is 0. The number of nitrogens with two attached hydrogens (primary N) is 1. The maximum Gasteiger partial charge on any atom is 0.282 e. The number of piperidine rings is 1. The van der Waals surface area contributed by atoms with E-state index in [0.29, 0.717) is 17.1 Å². The van der Waals surface area contributed by atoms with Gasteiger partial charge in [-0.3, -0.25) is 4.79 Å². The fourth-order valence-corrected chi connectivity index (χ4v) is 2.93. The summed E-state index contributed by atoms with van der Waals surface area (Å²) in [6.45, 7) is 3.16. The molecule has 0 bridgehead atoms. The zero-order valence-electron chi connectivity index (χ0n) is 11.7. The molecule has 1 aromatic rings. The van der Waals surface area contributed by atoms with E-state index in [2.05, 4.69) is 25.9 Å². The normalized spacial score (nSPS) is 16.6. The molecule has 2 heterocycles. The summed E-state index contributed by atoms with van der Waals surface area (Å²) in [6, 6.07) is 0. The second-order valence-corrected chi connectivity index (χ2v) is 5.76. The summed E-state index contributed by atoms with van der Waals surface area (Å²) in [6.07, 6.45) is 4.88. The van der Waals surface area contributed by atoms with Crippen molar-refractivity contribution in [2.45, 2.75) is 25.4 Å². The van der Waals surface area contributed by atoms with Crippen LogP contribution in [0.3, 0.4) is 0 Å². The molecule has 0 aliphatic carbocycles. The summed E-state index contributed by atoms with van der Waals surface area (Å²) in [7, 11) is 1.65. The molecule has 1 aromatic heterocycles. The van der Waals surface area contributed by atoms with Gasteiger partial charge >= 0.3 is 0 Å². The van der Waals surface area contributed by atoms with Crippen molar-refractivity contribution in [2.24, 2.45) is 12.8 Å². The zero-order valence-corrected chi connectivity index (χ0v) is 13.3. The lowest BCUT2D eigenvalue weighted by Gasteiger charge is -2.33. The molecule has 0 spiro atoms. The molecule has 20 heavy (non-hydrogen) atoms. The van der Waals surface area contributed by atoms with Gasteiger partial charge in [0.15, 0.2) is 0 Å². The minimum absolute atomic E-state index is 0.108. The van der Waals surface area contributed by atoms with Gasteiger partial charge in [-0.1, -0.05) is 0 Å². The van der Waals surface area contributed by atoms with Crippen LogP contribution in [0.2, 0.25) is 0 Å². The number of hydrogen-bond donors (Lipinski definition) is 1. The topological polar surface area (TPSA) is 73.4 Å². The summed E-state index contributed by atoms with van der Waals surface area (Å²) in [5, 5.41) is 4.08. The van der Waals surface area contributed by atoms with Gasteiger partial charge in [-0.15, -0.1) is 0 Å². The van der Waals surface area contributed by atoms with E-state index in [1.54, 1.807) is 13.2 Å². The first-order valence-electron chi connectivity index (χ1n) is 6.92. The molecule has 0 amide bonds. The van der Waals surface area contributed by atoms with E-state index in [9.17, 15) is 4.79 Å². The lowest BCUT2D eigenvalue weighted by Crippen LogP contribution is -2.38.